The van der Waals surface area contributed by atoms with Crippen LogP contribution in [0.4, 0.5) is 0 Å². The van der Waals surface area contributed by atoms with Crippen LogP contribution in [-0.4, -0.2) is 23.8 Å². The van der Waals surface area contributed by atoms with Crippen LogP contribution >= 0.6 is 0 Å². The molecule has 0 bridgehead atoms. The molecule has 1 heterocycles. The number of pyridine rings is 1. The van der Waals surface area contributed by atoms with Crippen molar-refractivity contribution in [3.8, 4) is 17.0 Å². The van der Waals surface area contributed by atoms with Gasteiger partial charge in [0.15, 0.2) is 0 Å². The fourth-order valence-electron chi connectivity index (χ4n) is 1.77. The number of ether oxygens (including phenoxy) is 1. The molecular weight excluding hydrogens is 214 g/mol. The van der Waals surface area contributed by atoms with Crippen molar-refractivity contribution in [2.24, 2.45) is 0 Å². The Morgan fingerprint density at radius 1 is 1.18 bits per heavy atom. The molecule has 2 rings (SSSR count). The smallest absolute Gasteiger partial charge is 0.118 e. The standard InChI is InChI=1S/C14H15NO2/c1-17-13-6-4-12(5-7-13)14-11(8-10-16)3-2-9-15-14/h2-7,9,16H,8,10H2,1H3. The average molecular weight is 229 g/mol. The molecule has 1 aromatic carbocycles. The van der Waals surface area contributed by atoms with E-state index < -0.39 is 0 Å². The van der Waals surface area contributed by atoms with E-state index in [1.54, 1.807) is 13.3 Å². The van der Waals surface area contributed by atoms with E-state index in [-0.39, 0.29) is 6.61 Å². The monoisotopic (exact) mass is 229 g/mol. The third-order valence-corrected chi connectivity index (χ3v) is 2.64. The Morgan fingerprint density at radius 3 is 2.59 bits per heavy atom. The highest BCUT2D eigenvalue weighted by Crippen LogP contribution is 2.23. The number of nitrogens with zero attached hydrogens (tertiary/aromatic N) is 1. The summed E-state index contributed by atoms with van der Waals surface area (Å²) < 4.78 is 5.12. The van der Waals surface area contributed by atoms with Crippen LogP contribution in [0.25, 0.3) is 11.3 Å². The summed E-state index contributed by atoms with van der Waals surface area (Å²) in [7, 11) is 1.65. The van der Waals surface area contributed by atoms with Gasteiger partial charge < -0.3 is 9.84 Å². The number of aromatic nitrogens is 1. The van der Waals surface area contributed by atoms with Crippen LogP contribution in [0, 0.1) is 0 Å². The summed E-state index contributed by atoms with van der Waals surface area (Å²) in [5.41, 5.74) is 3.01. The van der Waals surface area contributed by atoms with Crippen LogP contribution in [-0.2, 0) is 6.42 Å². The van der Waals surface area contributed by atoms with Gasteiger partial charge in [-0.05, 0) is 42.3 Å². The number of hydrogen-bond donors (Lipinski definition) is 1. The van der Waals surface area contributed by atoms with Gasteiger partial charge in [0.1, 0.15) is 5.75 Å². The van der Waals surface area contributed by atoms with E-state index in [1.807, 2.05) is 36.4 Å². The van der Waals surface area contributed by atoms with E-state index >= 15 is 0 Å². The number of hydrogen-bond acceptors (Lipinski definition) is 3. The Kier molecular flexibility index (Phi) is 3.73. The Labute approximate surface area is 101 Å². The highest BCUT2D eigenvalue weighted by atomic mass is 16.5. The third kappa shape index (κ3) is 2.63. The summed E-state index contributed by atoms with van der Waals surface area (Å²) in [6.45, 7) is 0.134. The molecule has 0 aliphatic carbocycles. The lowest BCUT2D eigenvalue weighted by atomic mass is 10.0. The SMILES string of the molecule is COc1ccc(-c2ncccc2CCO)cc1. The van der Waals surface area contributed by atoms with Crippen molar-refractivity contribution >= 4 is 0 Å². The highest BCUT2D eigenvalue weighted by Gasteiger charge is 2.05. The zero-order valence-electron chi connectivity index (χ0n) is 9.76. The van der Waals surface area contributed by atoms with E-state index in [4.69, 9.17) is 9.84 Å². The molecule has 0 saturated heterocycles. The van der Waals surface area contributed by atoms with Gasteiger partial charge >= 0.3 is 0 Å². The van der Waals surface area contributed by atoms with Crippen LogP contribution in [0.2, 0.25) is 0 Å². The molecule has 0 spiro atoms. The maximum absolute atomic E-state index is 9.03. The van der Waals surface area contributed by atoms with Gasteiger partial charge in [-0.1, -0.05) is 6.07 Å². The van der Waals surface area contributed by atoms with Crippen LogP contribution in [0.15, 0.2) is 42.6 Å². The summed E-state index contributed by atoms with van der Waals surface area (Å²) >= 11 is 0. The van der Waals surface area contributed by atoms with Crippen LogP contribution in [0.5, 0.6) is 5.75 Å². The average Bonchev–Trinajstić information content (AvgIpc) is 2.40. The molecule has 88 valence electrons. The van der Waals surface area contributed by atoms with Crippen molar-refractivity contribution in [1.82, 2.24) is 4.98 Å². The van der Waals surface area contributed by atoms with Gasteiger partial charge in [0.05, 0.1) is 12.8 Å². The Bertz CT molecular complexity index is 480. The molecule has 0 saturated carbocycles. The van der Waals surface area contributed by atoms with Crippen molar-refractivity contribution in [2.45, 2.75) is 6.42 Å². The van der Waals surface area contributed by atoms with E-state index in [0.29, 0.717) is 6.42 Å². The Morgan fingerprint density at radius 2 is 1.94 bits per heavy atom. The second-order valence-electron chi connectivity index (χ2n) is 3.71. The maximum Gasteiger partial charge on any atom is 0.118 e. The largest absolute Gasteiger partial charge is 0.497 e. The van der Waals surface area contributed by atoms with Crippen molar-refractivity contribution in [3.05, 3.63) is 48.2 Å². The minimum absolute atomic E-state index is 0.134. The van der Waals surface area contributed by atoms with Crippen molar-refractivity contribution in [3.63, 3.8) is 0 Å². The zero-order chi connectivity index (χ0) is 12.1. The molecule has 1 N–H and O–H groups in total. The molecule has 0 fully saturated rings. The van der Waals surface area contributed by atoms with Gasteiger partial charge in [0, 0.05) is 18.4 Å². The second kappa shape index (κ2) is 5.46. The van der Waals surface area contributed by atoms with E-state index in [9.17, 15) is 0 Å². The highest BCUT2D eigenvalue weighted by molar-refractivity contribution is 5.63. The van der Waals surface area contributed by atoms with E-state index in [2.05, 4.69) is 4.98 Å². The van der Waals surface area contributed by atoms with Gasteiger partial charge in [-0.25, -0.2) is 0 Å². The van der Waals surface area contributed by atoms with Crippen molar-refractivity contribution < 1.29 is 9.84 Å². The first-order chi connectivity index (χ1) is 8.35. The molecular formula is C14H15NO2. The van der Waals surface area contributed by atoms with Crippen molar-refractivity contribution in [2.75, 3.05) is 13.7 Å². The van der Waals surface area contributed by atoms with Gasteiger partial charge in [-0.2, -0.15) is 0 Å². The van der Waals surface area contributed by atoms with Crippen LogP contribution in [0.1, 0.15) is 5.56 Å². The topological polar surface area (TPSA) is 42.4 Å². The first-order valence-corrected chi connectivity index (χ1v) is 5.54. The quantitative estimate of drug-likeness (QED) is 0.874. The van der Waals surface area contributed by atoms with Gasteiger partial charge in [-0.15, -0.1) is 0 Å². The normalized spacial score (nSPS) is 10.2. The van der Waals surface area contributed by atoms with Gasteiger partial charge in [0.2, 0.25) is 0 Å². The molecule has 3 heteroatoms. The number of aliphatic hydroxyl groups excluding tert-OH is 1. The number of benzene rings is 1. The van der Waals surface area contributed by atoms with Crippen LogP contribution < -0.4 is 4.74 Å². The fourth-order valence-corrected chi connectivity index (χ4v) is 1.77. The minimum Gasteiger partial charge on any atom is -0.497 e. The summed E-state index contributed by atoms with van der Waals surface area (Å²) in [6.07, 6.45) is 2.38. The third-order valence-electron chi connectivity index (χ3n) is 2.64. The van der Waals surface area contributed by atoms with E-state index in [0.717, 1.165) is 22.6 Å². The molecule has 17 heavy (non-hydrogen) atoms. The Balaban J connectivity index is 2.37. The lowest BCUT2D eigenvalue weighted by Crippen LogP contribution is -1.96. The summed E-state index contributed by atoms with van der Waals surface area (Å²) in [5.74, 6) is 0.827. The molecule has 0 amide bonds. The summed E-state index contributed by atoms with van der Waals surface area (Å²) in [5, 5.41) is 9.03. The Hall–Kier alpha value is -1.87. The fraction of sp³-hybridized carbons (Fsp3) is 0.214. The molecule has 0 radical (unpaired) electrons. The maximum atomic E-state index is 9.03. The van der Waals surface area contributed by atoms with Crippen molar-refractivity contribution in [1.29, 1.82) is 0 Å². The molecule has 1 aromatic heterocycles. The zero-order valence-corrected chi connectivity index (χ0v) is 9.76. The number of rotatable bonds is 4. The predicted molar refractivity (Wildman–Crippen MR) is 67.0 cm³/mol. The predicted octanol–water partition coefficient (Wildman–Crippen LogP) is 2.29. The molecule has 0 atom stereocenters. The first-order valence-electron chi connectivity index (χ1n) is 5.54. The first kappa shape index (κ1) is 11.6. The molecule has 0 aliphatic heterocycles. The summed E-state index contributed by atoms with van der Waals surface area (Å²) in [6, 6.07) is 11.6. The lowest BCUT2D eigenvalue weighted by Gasteiger charge is -2.08. The lowest BCUT2D eigenvalue weighted by molar-refractivity contribution is 0.299. The number of aliphatic hydroxyl groups is 1. The number of methoxy groups -OCH3 is 1. The van der Waals surface area contributed by atoms with Crippen LogP contribution in [0.3, 0.4) is 0 Å². The second-order valence-corrected chi connectivity index (χ2v) is 3.71. The molecule has 2 aromatic rings. The minimum atomic E-state index is 0.134. The summed E-state index contributed by atoms with van der Waals surface area (Å²) in [4.78, 5) is 4.37. The van der Waals surface area contributed by atoms with E-state index in [1.165, 1.54) is 0 Å². The van der Waals surface area contributed by atoms with Gasteiger partial charge in [0.25, 0.3) is 0 Å². The molecule has 0 aliphatic rings. The molecule has 3 nitrogen and oxygen atoms in total. The van der Waals surface area contributed by atoms with Gasteiger partial charge in [-0.3, -0.25) is 4.98 Å². The molecule has 0 unspecified atom stereocenters.